The molecule has 2 aliphatic heterocycles. The van der Waals surface area contributed by atoms with Crippen LogP contribution >= 0.6 is 0 Å². The summed E-state index contributed by atoms with van der Waals surface area (Å²) in [6.07, 6.45) is 1.66. The van der Waals surface area contributed by atoms with Crippen LogP contribution in [0.3, 0.4) is 0 Å². The number of hydrogen-bond donors (Lipinski definition) is 2. The molecular weight excluding hydrogens is 390 g/mol. The number of para-hydroxylation sites is 2. The molecule has 164 valence electrons. The highest BCUT2D eigenvalue weighted by molar-refractivity contribution is 5.80. The molecule has 0 atom stereocenters. The van der Waals surface area contributed by atoms with Crippen LogP contribution in [0.4, 0.5) is 5.69 Å². The van der Waals surface area contributed by atoms with Gasteiger partial charge in [-0.3, -0.25) is 9.79 Å². The monoisotopic (exact) mass is 421 g/mol. The van der Waals surface area contributed by atoms with E-state index in [4.69, 9.17) is 0 Å². The number of piperazine rings is 1. The molecule has 0 aromatic heterocycles. The maximum Gasteiger partial charge on any atom is 0.222 e. The second-order valence-electron chi connectivity index (χ2n) is 8.10. The van der Waals surface area contributed by atoms with Crippen LogP contribution in [-0.4, -0.2) is 66.5 Å². The summed E-state index contributed by atoms with van der Waals surface area (Å²) in [6, 6.07) is 15.9. The number of benzene rings is 2. The number of carbonyl (C=O) groups is 1. The largest absolute Gasteiger partial charge is 0.506 e. The summed E-state index contributed by atoms with van der Waals surface area (Å²) in [6.45, 7) is 5.64. The Labute approximate surface area is 184 Å². The van der Waals surface area contributed by atoms with Crippen LogP contribution < -0.4 is 10.2 Å². The summed E-state index contributed by atoms with van der Waals surface area (Å²) >= 11 is 0. The highest BCUT2D eigenvalue weighted by Gasteiger charge is 2.22. The van der Waals surface area contributed by atoms with E-state index in [9.17, 15) is 9.90 Å². The molecule has 0 radical (unpaired) electrons. The summed E-state index contributed by atoms with van der Waals surface area (Å²) in [4.78, 5) is 22.7. The van der Waals surface area contributed by atoms with Gasteiger partial charge in [0.05, 0.1) is 5.69 Å². The molecule has 2 saturated heterocycles. The maximum atomic E-state index is 11.8. The van der Waals surface area contributed by atoms with E-state index in [2.05, 4.69) is 44.4 Å². The Balaban J connectivity index is 1.27. The molecule has 7 nitrogen and oxygen atoms in total. The van der Waals surface area contributed by atoms with Crippen LogP contribution in [0.15, 0.2) is 53.5 Å². The number of aliphatic imine (C=N–C) groups is 1. The van der Waals surface area contributed by atoms with Crippen LogP contribution in [0.2, 0.25) is 0 Å². The molecule has 2 aliphatic rings. The number of phenols is 1. The second-order valence-corrected chi connectivity index (χ2v) is 8.10. The molecule has 0 saturated carbocycles. The minimum absolute atomic E-state index is 0.261. The molecule has 2 heterocycles. The van der Waals surface area contributed by atoms with Gasteiger partial charge in [-0.25, -0.2) is 0 Å². The van der Waals surface area contributed by atoms with Gasteiger partial charge in [0.2, 0.25) is 5.91 Å². The van der Waals surface area contributed by atoms with E-state index in [0.29, 0.717) is 25.3 Å². The number of likely N-dealkylation sites (tertiary alicyclic amines) is 1. The molecule has 2 aromatic rings. The molecule has 7 heteroatoms. The number of nitrogens with one attached hydrogen (secondary N) is 1. The van der Waals surface area contributed by atoms with Crippen LogP contribution in [0, 0.1) is 0 Å². The smallest absolute Gasteiger partial charge is 0.222 e. The standard InChI is InChI=1S/C24H31N5O2/c1-25-24(28-15-13-27(14-16-28)21-5-2-3-6-22(21)30)26-17-19-8-10-20(11-9-19)18-29-12-4-7-23(29)31/h2-3,5-6,8-11,30H,4,7,12-18H2,1H3,(H,25,26). The van der Waals surface area contributed by atoms with Gasteiger partial charge in [0.25, 0.3) is 0 Å². The predicted molar refractivity (Wildman–Crippen MR) is 123 cm³/mol. The lowest BCUT2D eigenvalue weighted by Crippen LogP contribution is -2.52. The quantitative estimate of drug-likeness (QED) is 0.573. The fourth-order valence-electron chi connectivity index (χ4n) is 4.26. The van der Waals surface area contributed by atoms with Crippen LogP contribution in [0.25, 0.3) is 0 Å². The average Bonchev–Trinajstić information content (AvgIpc) is 3.20. The van der Waals surface area contributed by atoms with Crippen molar-refractivity contribution in [1.29, 1.82) is 0 Å². The number of guanidine groups is 1. The summed E-state index contributed by atoms with van der Waals surface area (Å²) in [5.74, 6) is 1.48. The Kier molecular flexibility index (Phi) is 6.60. The topological polar surface area (TPSA) is 71.4 Å². The Morgan fingerprint density at radius 1 is 1.00 bits per heavy atom. The average molecular weight is 422 g/mol. The molecule has 2 N–H and O–H groups in total. The first-order chi connectivity index (χ1) is 15.1. The third-order valence-corrected chi connectivity index (χ3v) is 6.03. The Morgan fingerprint density at radius 2 is 1.71 bits per heavy atom. The number of carbonyl (C=O) groups excluding carboxylic acids is 1. The van der Waals surface area contributed by atoms with E-state index in [1.54, 1.807) is 6.07 Å². The van der Waals surface area contributed by atoms with Crippen molar-refractivity contribution in [3.8, 4) is 5.75 Å². The number of anilines is 1. The molecule has 1 amide bonds. The van der Waals surface area contributed by atoms with E-state index < -0.39 is 0 Å². The summed E-state index contributed by atoms with van der Waals surface area (Å²) < 4.78 is 0. The summed E-state index contributed by atoms with van der Waals surface area (Å²) in [5.41, 5.74) is 3.25. The number of aromatic hydroxyl groups is 1. The Morgan fingerprint density at radius 3 is 2.35 bits per heavy atom. The normalized spacial score (nSPS) is 17.4. The lowest BCUT2D eigenvalue weighted by molar-refractivity contribution is -0.128. The predicted octanol–water partition coefficient (Wildman–Crippen LogP) is 2.41. The van der Waals surface area contributed by atoms with E-state index in [-0.39, 0.29) is 5.91 Å². The minimum atomic E-state index is 0.261. The first-order valence-corrected chi connectivity index (χ1v) is 11.0. The molecule has 0 spiro atoms. The summed E-state index contributed by atoms with van der Waals surface area (Å²) in [7, 11) is 1.81. The van der Waals surface area contributed by atoms with Gasteiger partial charge < -0.3 is 25.1 Å². The zero-order valence-electron chi connectivity index (χ0n) is 18.1. The zero-order chi connectivity index (χ0) is 21.6. The van der Waals surface area contributed by atoms with Crippen LogP contribution in [0.1, 0.15) is 24.0 Å². The Bertz CT molecular complexity index is 920. The van der Waals surface area contributed by atoms with Gasteiger partial charge in [0.1, 0.15) is 5.75 Å². The Hall–Kier alpha value is -3.22. The van der Waals surface area contributed by atoms with E-state index >= 15 is 0 Å². The third-order valence-electron chi connectivity index (χ3n) is 6.03. The van der Waals surface area contributed by atoms with Crippen molar-refractivity contribution in [2.75, 3.05) is 44.7 Å². The first kappa shape index (κ1) is 21.0. The SMILES string of the molecule is CN=C(NCc1ccc(CN2CCCC2=O)cc1)N1CCN(c2ccccc2O)CC1. The van der Waals surface area contributed by atoms with Gasteiger partial charge >= 0.3 is 0 Å². The molecule has 2 fully saturated rings. The molecule has 2 aromatic carbocycles. The van der Waals surface area contributed by atoms with E-state index in [0.717, 1.165) is 50.8 Å². The number of amides is 1. The number of rotatable bonds is 5. The van der Waals surface area contributed by atoms with Gasteiger partial charge in [0.15, 0.2) is 5.96 Å². The second kappa shape index (κ2) is 9.73. The zero-order valence-corrected chi connectivity index (χ0v) is 18.1. The molecule has 0 unspecified atom stereocenters. The van der Waals surface area contributed by atoms with E-state index in [1.807, 2.05) is 30.1 Å². The van der Waals surface area contributed by atoms with Crippen molar-refractivity contribution >= 4 is 17.6 Å². The lowest BCUT2D eigenvalue weighted by Gasteiger charge is -2.37. The van der Waals surface area contributed by atoms with Crippen molar-refractivity contribution in [3.63, 3.8) is 0 Å². The van der Waals surface area contributed by atoms with Gasteiger partial charge in [-0.15, -0.1) is 0 Å². The van der Waals surface area contributed by atoms with E-state index in [1.165, 1.54) is 11.1 Å². The summed E-state index contributed by atoms with van der Waals surface area (Å²) in [5, 5.41) is 13.6. The number of nitrogens with zero attached hydrogens (tertiary/aromatic N) is 4. The van der Waals surface area contributed by atoms with Crippen LogP contribution in [0.5, 0.6) is 5.75 Å². The van der Waals surface area contributed by atoms with Crippen molar-refractivity contribution in [2.24, 2.45) is 4.99 Å². The van der Waals surface area contributed by atoms with Crippen molar-refractivity contribution < 1.29 is 9.90 Å². The van der Waals surface area contributed by atoms with Gasteiger partial charge in [0, 0.05) is 59.3 Å². The molecule has 0 bridgehead atoms. The maximum absolute atomic E-state index is 11.8. The van der Waals surface area contributed by atoms with Crippen molar-refractivity contribution in [2.45, 2.75) is 25.9 Å². The van der Waals surface area contributed by atoms with Gasteiger partial charge in [-0.2, -0.15) is 0 Å². The molecule has 0 aliphatic carbocycles. The molecule has 4 rings (SSSR count). The highest BCUT2D eigenvalue weighted by Crippen LogP contribution is 2.27. The number of phenolic OH excluding ortho intramolecular Hbond substituents is 1. The van der Waals surface area contributed by atoms with Gasteiger partial charge in [-0.05, 0) is 29.7 Å². The lowest BCUT2D eigenvalue weighted by atomic mass is 10.1. The first-order valence-electron chi connectivity index (χ1n) is 11.0. The van der Waals surface area contributed by atoms with Gasteiger partial charge in [-0.1, -0.05) is 36.4 Å². The molecule has 31 heavy (non-hydrogen) atoms. The van der Waals surface area contributed by atoms with Crippen LogP contribution in [-0.2, 0) is 17.9 Å². The highest BCUT2D eigenvalue weighted by atomic mass is 16.3. The van der Waals surface area contributed by atoms with Crippen molar-refractivity contribution in [3.05, 3.63) is 59.7 Å². The fourth-order valence-corrected chi connectivity index (χ4v) is 4.26. The number of hydrogen-bond acceptors (Lipinski definition) is 4. The minimum Gasteiger partial charge on any atom is -0.506 e. The molecular formula is C24H31N5O2. The fraction of sp³-hybridized carbons (Fsp3) is 0.417. The van der Waals surface area contributed by atoms with Crippen molar-refractivity contribution in [1.82, 2.24) is 15.1 Å². The third kappa shape index (κ3) is 5.10.